The van der Waals surface area contributed by atoms with Crippen molar-refractivity contribution in [3.05, 3.63) is 59.5 Å². The van der Waals surface area contributed by atoms with Crippen LogP contribution < -0.4 is 14.8 Å². The number of carbonyl (C=O) groups excluding carboxylic acids is 1. The van der Waals surface area contributed by atoms with E-state index in [-0.39, 0.29) is 11.9 Å². The molecule has 0 atom stereocenters. The maximum absolute atomic E-state index is 12.5. The Morgan fingerprint density at radius 3 is 2.59 bits per heavy atom. The summed E-state index contributed by atoms with van der Waals surface area (Å²) in [7, 11) is 3.07. The fourth-order valence-electron chi connectivity index (χ4n) is 2.69. The molecule has 0 aliphatic heterocycles. The number of aromatic nitrogens is 3. The number of anilines is 1. The first-order valence-electron chi connectivity index (χ1n) is 8.12. The Morgan fingerprint density at radius 1 is 1.07 bits per heavy atom. The van der Waals surface area contributed by atoms with Crippen LogP contribution in [0, 0.1) is 0 Å². The van der Waals surface area contributed by atoms with Gasteiger partial charge in [0.05, 0.1) is 19.9 Å². The van der Waals surface area contributed by atoms with Gasteiger partial charge in [-0.05, 0) is 18.2 Å². The van der Waals surface area contributed by atoms with Crippen LogP contribution in [0.2, 0.25) is 0 Å². The number of nitrogens with zero attached hydrogens (tertiary/aromatic N) is 3. The largest absolute Gasteiger partial charge is 0.493 e. The Hall–Kier alpha value is -3.39. The monoisotopic (exact) mass is 380 g/mol. The van der Waals surface area contributed by atoms with Gasteiger partial charge in [-0.3, -0.25) is 10.1 Å². The zero-order valence-corrected chi connectivity index (χ0v) is 15.5. The van der Waals surface area contributed by atoms with Crippen LogP contribution >= 0.6 is 11.3 Å². The summed E-state index contributed by atoms with van der Waals surface area (Å²) in [5.41, 5.74) is 2.38. The number of thiazole rings is 1. The van der Waals surface area contributed by atoms with E-state index in [1.165, 1.54) is 18.4 Å². The lowest BCUT2D eigenvalue weighted by Gasteiger charge is -2.08. The number of amides is 1. The fourth-order valence-corrected chi connectivity index (χ4v) is 3.52. The van der Waals surface area contributed by atoms with Gasteiger partial charge in [-0.2, -0.15) is 4.98 Å². The van der Waals surface area contributed by atoms with Crippen molar-refractivity contribution in [2.45, 2.75) is 0 Å². The number of benzene rings is 2. The summed E-state index contributed by atoms with van der Waals surface area (Å²) in [5, 5.41) is 9.14. The minimum atomic E-state index is -0.324. The molecular weight excluding hydrogens is 364 g/mol. The molecule has 0 aliphatic carbocycles. The van der Waals surface area contributed by atoms with Crippen LogP contribution in [0.5, 0.6) is 11.5 Å². The second kappa shape index (κ2) is 7.08. The van der Waals surface area contributed by atoms with E-state index >= 15 is 0 Å². The van der Waals surface area contributed by atoms with Gasteiger partial charge >= 0.3 is 0 Å². The smallest absolute Gasteiger partial charge is 0.258 e. The zero-order chi connectivity index (χ0) is 18.8. The van der Waals surface area contributed by atoms with Crippen molar-refractivity contribution in [3.63, 3.8) is 0 Å². The summed E-state index contributed by atoms with van der Waals surface area (Å²) >= 11 is 1.47. The molecule has 1 amide bonds. The number of carbonyl (C=O) groups is 1. The second-order valence-corrected chi connectivity index (χ2v) is 6.48. The molecule has 0 bridgehead atoms. The number of rotatable bonds is 5. The van der Waals surface area contributed by atoms with Crippen molar-refractivity contribution in [3.8, 4) is 22.8 Å². The number of nitrogens with one attached hydrogen (secondary N) is 1. The third kappa shape index (κ3) is 3.22. The van der Waals surface area contributed by atoms with E-state index in [0.717, 1.165) is 11.3 Å². The van der Waals surface area contributed by atoms with Crippen molar-refractivity contribution in [1.82, 2.24) is 14.6 Å². The molecule has 27 heavy (non-hydrogen) atoms. The summed E-state index contributed by atoms with van der Waals surface area (Å²) in [5.74, 6) is 0.965. The highest BCUT2D eigenvalue weighted by molar-refractivity contribution is 7.15. The van der Waals surface area contributed by atoms with Crippen molar-refractivity contribution in [2.75, 3.05) is 19.5 Å². The average Bonchev–Trinajstić information content (AvgIpc) is 3.28. The first-order valence-corrected chi connectivity index (χ1v) is 9.00. The first kappa shape index (κ1) is 17.0. The first-order chi connectivity index (χ1) is 13.2. The lowest BCUT2D eigenvalue weighted by atomic mass is 10.2. The van der Waals surface area contributed by atoms with Gasteiger partial charge < -0.3 is 9.47 Å². The molecule has 4 rings (SSSR count). The van der Waals surface area contributed by atoms with E-state index in [1.807, 2.05) is 35.7 Å². The van der Waals surface area contributed by atoms with Crippen molar-refractivity contribution in [1.29, 1.82) is 0 Å². The molecule has 136 valence electrons. The van der Waals surface area contributed by atoms with E-state index in [2.05, 4.69) is 15.4 Å². The predicted molar refractivity (Wildman–Crippen MR) is 104 cm³/mol. The minimum Gasteiger partial charge on any atom is -0.493 e. The van der Waals surface area contributed by atoms with Crippen LogP contribution in [0.3, 0.4) is 0 Å². The topological polar surface area (TPSA) is 77.8 Å². The van der Waals surface area contributed by atoms with E-state index in [9.17, 15) is 4.79 Å². The molecule has 0 spiro atoms. The third-order valence-corrected chi connectivity index (χ3v) is 4.84. The Balaban J connectivity index is 1.60. The van der Waals surface area contributed by atoms with Gasteiger partial charge in [0.2, 0.25) is 4.96 Å². The van der Waals surface area contributed by atoms with Crippen LogP contribution in [0.25, 0.3) is 16.2 Å². The molecule has 0 radical (unpaired) electrons. The summed E-state index contributed by atoms with van der Waals surface area (Å²) in [6.45, 7) is 0. The van der Waals surface area contributed by atoms with E-state index in [4.69, 9.17) is 9.47 Å². The van der Waals surface area contributed by atoms with Gasteiger partial charge in [0.25, 0.3) is 11.9 Å². The van der Waals surface area contributed by atoms with Crippen molar-refractivity contribution in [2.24, 2.45) is 0 Å². The van der Waals surface area contributed by atoms with E-state index in [1.54, 1.807) is 29.8 Å². The summed E-state index contributed by atoms with van der Waals surface area (Å²) < 4.78 is 12.2. The zero-order valence-electron chi connectivity index (χ0n) is 14.7. The lowest BCUT2D eigenvalue weighted by molar-refractivity contribution is 0.102. The van der Waals surface area contributed by atoms with Gasteiger partial charge in [0, 0.05) is 16.5 Å². The highest BCUT2D eigenvalue weighted by Gasteiger charge is 2.15. The lowest BCUT2D eigenvalue weighted by Crippen LogP contribution is -2.13. The number of hydrogen-bond donors (Lipinski definition) is 1. The molecule has 0 fully saturated rings. The highest BCUT2D eigenvalue weighted by atomic mass is 32.1. The van der Waals surface area contributed by atoms with E-state index in [0.29, 0.717) is 22.0 Å². The predicted octanol–water partition coefficient (Wildman–Crippen LogP) is 3.73. The Labute approximate surface area is 159 Å². The Kier molecular flexibility index (Phi) is 4.47. The molecule has 7 nitrogen and oxygen atoms in total. The second-order valence-electron chi connectivity index (χ2n) is 5.64. The van der Waals surface area contributed by atoms with Gasteiger partial charge in [-0.15, -0.1) is 16.4 Å². The van der Waals surface area contributed by atoms with Crippen molar-refractivity contribution >= 4 is 28.2 Å². The standard InChI is InChI=1S/C19H16N4O3S/c1-25-15-9-8-13(10-16(15)26-2)17(24)20-18-21-19-23(22-18)14(11-27-19)12-6-4-3-5-7-12/h3-11H,1-2H3,(H,20,22,24). The highest BCUT2D eigenvalue weighted by Crippen LogP contribution is 2.28. The molecule has 0 saturated carbocycles. The maximum atomic E-state index is 12.5. The maximum Gasteiger partial charge on any atom is 0.258 e. The van der Waals surface area contributed by atoms with Crippen LogP contribution in [-0.4, -0.2) is 34.7 Å². The van der Waals surface area contributed by atoms with Crippen molar-refractivity contribution < 1.29 is 14.3 Å². The third-order valence-electron chi connectivity index (χ3n) is 4.02. The number of hydrogen-bond acceptors (Lipinski definition) is 6. The fraction of sp³-hybridized carbons (Fsp3) is 0.105. The summed E-state index contributed by atoms with van der Waals surface area (Å²) in [6.07, 6.45) is 0. The molecule has 2 aromatic carbocycles. The molecule has 8 heteroatoms. The van der Waals surface area contributed by atoms with Crippen LogP contribution in [0.4, 0.5) is 5.95 Å². The molecule has 4 aromatic rings. The summed E-state index contributed by atoms with van der Waals surface area (Å²) in [6, 6.07) is 14.9. The molecule has 2 heterocycles. The Bertz CT molecular complexity index is 1100. The molecule has 0 unspecified atom stereocenters. The van der Waals surface area contributed by atoms with Gasteiger partial charge in [0.1, 0.15) is 0 Å². The molecule has 2 aromatic heterocycles. The average molecular weight is 380 g/mol. The van der Waals surface area contributed by atoms with E-state index < -0.39 is 0 Å². The van der Waals surface area contributed by atoms with Gasteiger partial charge in [0.15, 0.2) is 11.5 Å². The summed E-state index contributed by atoms with van der Waals surface area (Å²) in [4.78, 5) is 17.6. The number of ether oxygens (including phenoxy) is 2. The SMILES string of the molecule is COc1ccc(C(=O)Nc2nc3scc(-c4ccccc4)n3n2)cc1OC. The van der Waals surface area contributed by atoms with Crippen LogP contribution in [0.1, 0.15) is 10.4 Å². The van der Waals surface area contributed by atoms with Gasteiger partial charge in [-0.1, -0.05) is 30.3 Å². The quantitative estimate of drug-likeness (QED) is 0.571. The molecule has 0 aliphatic rings. The molecule has 0 saturated heterocycles. The number of fused-ring (bicyclic) bond motifs is 1. The normalized spacial score (nSPS) is 10.7. The molecular formula is C19H16N4O3S. The Morgan fingerprint density at radius 2 is 1.85 bits per heavy atom. The van der Waals surface area contributed by atoms with Gasteiger partial charge in [-0.25, -0.2) is 4.52 Å². The van der Waals surface area contributed by atoms with Crippen LogP contribution in [0.15, 0.2) is 53.9 Å². The minimum absolute atomic E-state index is 0.249. The number of methoxy groups -OCH3 is 2. The van der Waals surface area contributed by atoms with Crippen LogP contribution in [-0.2, 0) is 0 Å². The molecule has 1 N–H and O–H groups in total.